The Kier molecular flexibility index (Phi) is 5.66. The van der Waals surface area contributed by atoms with Gasteiger partial charge in [0.2, 0.25) is 0 Å². The second-order valence-electron chi connectivity index (χ2n) is 4.97. The fourth-order valence-corrected chi connectivity index (χ4v) is 2.29. The number of rotatable bonds is 7. The van der Waals surface area contributed by atoms with E-state index in [1.807, 2.05) is 6.07 Å². The maximum atomic E-state index is 9.74. The molecule has 17 heavy (non-hydrogen) atoms. The highest BCUT2D eigenvalue weighted by Crippen LogP contribution is 2.29. The fraction of sp³-hybridized carbons (Fsp3) is 0.600. The lowest BCUT2D eigenvalue weighted by atomic mass is 9.76. The third kappa shape index (κ3) is 3.55. The van der Waals surface area contributed by atoms with Crippen molar-refractivity contribution >= 4 is 0 Å². The van der Waals surface area contributed by atoms with Crippen LogP contribution in [0.4, 0.5) is 0 Å². The highest BCUT2D eigenvalue weighted by molar-refractivity contribution is 5.30. The molecule has 0 aliphatic rings. The van der Waals surface area contributed by atoms with E-state index < -0.39 is 0 Å². The topological polar surface area (TPSA) is 46.2 Å². The van der Waals surface area contributed by atoms with Gasteiger partial charge in [-0.3, -0.25) is 0 Å². The van der Waals surface area contributed by atoms with Crippen molar-refractivity contribution in [1.82, 2.24) is 0 Å². The van der Waals surface area contributed by atoms with Gasteiger partial charge in [0.1, 0.15) is 0 Å². The van der Waals surface area contributed by atoms with E-state index in [0.717, 1.165) is 12.8 Å². The molecule has 0 bridgehead atoms. The van der Waals surface area contributed by atoms with Gasteiger partial charge in [-0.05, 0) is 18.9 Å². The molecule has 2 heteroatoms. The summed E-state index contributed by atoms with van der Waals surface area (Å²) in [4.78, 5) is 0. The first kappa shape index (κ1) is 14.2. The molecule has 0 aliphatic carbocycles. The molecule has 0 saturated carbocycles. The summed E-state index contributed by atoms with van der Waals surface area (Å²) in [5.74, 6) is 0. The number of aliphatic hydroxyl groups is 1. The van der Waals surface area contributed by atoms with Crippen molar-refractivity contribution in [1.29, 1.82) is 0 Å². The second-order valence-corrected chi connectivity index (χ2v) is 4.97. The molecule has 0 heterocycles. The van der Waals surface area contributed by atoms with Gasteiger partial charge in [-0.2, -0.15) is 0 Å². The van der Waals surface area contributed by atoms with Gasteiger partial charge in [-0.25, -0.2) is 0 Å². The Labute approximate surface area is 105 Å². The van der Waals surface area contributed by atoms with E-state index in [2.05, 4.69) is 32.0 Å². The van der Waals surface area contributed by atoms with E-state index >= 15 is 0 Å². The first-order valence-electron chi connectivity index (χ1n) is 6.56. The zero-order valence-electron chi connectivity index (χ0n) is 11.1. The van der Waals surface area contributed by atoms with Crippen LogP contribution in [-0.4, -0.2) is 18.3 Å². The van der Waals surface area contributed by atoms with Crippen molar-refractivity contribution in [2.75, 3.05) is 13.2 Å². The van der Waals surface area contributed by atoms with Crippen LogP contribution >= 0.6 is 0 Å². The van der Waals surface area contributed by atoms with Crippen LogP contribution in [0.3, 0.4) is 0 Å². The van der Waals surface area contributed by atoms with Crippen molar-refractivity contribution in [3.8, 4) is 0 Å². The summed E-state index contributed by atoms with van der Waals surface area (Å²) >= 11 is 0. The van der Waals surface area contributed by atoms with Crippen LogP contribution in [0.2, 0.25) is 0 Å². The molecular formula is C15H25NO. The van der Waals surface area contributed by atoms with Crippen molar-refractivity contribution < 1.29 is 5.11 Å². The Hall–Kier alpha value is -0.860. The Morgan fingerprint density at radius 3 is 2.59 bits per heavy atom. The summed E-state index contributed by atoms with van der Waals surface area (Å²) in [5, 5.41) is 9.74. The van der Waals surface area contributed by atoms with Crippen molar-refractivity contribution in [2.45, 2.75) is 44.9 Å². The van der Waals surface area contributed by atoms with E-state index in [1.165, 1.54) is 24.0 Å². The normalized spacial score (nSPS) is 14.6. The van der Waals surface area contributed by atoms with E-state index in [9.17, 15) is 5.11 Å². The molecule has 2 nitrogen and oxygen atoms in total. The summed E-state index contributed by atoms with van der Waals surface area (Å²) in [6, 6.07) is 8.36. The largest absolute Gasteiger partial charge is 0.395 e. The average Bonchev–Trinajstić information content (AvgIpc) is 2.35. The average molecular weight is 235 g/mol. The second kappa shape index (κ2) is 6.77. The lowest BCUT2D eigenvalue weighted by Crippen LogP contribution is -2.38. The van der Waals surface area contributed by atoms with Gasteiger partial charge >= 0.3 is 0 Å². The van der Waals surface area contributed by atoms with Crippen LogP contribution in [0, 0.1) is 6.92 Å². The van der Waals surface area contributed by atoms with Gasteiger partial charge in [0.05, 0.1) is 6.61 Å². The summed E-state index contributed by atoms with van der Waals surface area (Å²) < 4.78 is 0. The monoisotopic (exact) mass is 235 g/mol. The number of hydrogen-bond acceptors (Lipinski definition) is 2. The molecule has 96 valence electrons. The number of benzene rings is 1. The molecule has 0 radical (unpaired) electrons. The SMILES string of the molecule is CCCCCC(CN)(CO)c1cccc(C)c1. The van der Waals surface area contributed by atoms with Crippen LogP contribution in [0.15, 0.2) is 24.3 Å². The number of hydrogen-bond donors (Lipinski definition) is 2. The highest BCUT2D eigenvalue weighted by Gasteiger charge is 2.29. The zero-order chi connectivity index (χ0) is 12.7. The van der Waals surface area contributed by atoms with Gasteiger partial charge in [-0.15, -0.1) is 0 Å². The summed E-state index contributed by atoms with van der Waals surface area (Å²) in [7, 11) is 0. The smallest absolute Gasteiger partial charge is 0.0540 e. The molecule has 1 unspecified atom stereocenters. The van der Waals surface area contributed by atoms with Crippen LogP contribution in [0.5, 0.6) is 0 Å². The van der Waals surface area contributed by atoms with Gasteiger partial charge in [0.25, 0.3) is 0 Å². The Bertz CT molecular complexity index is 331. The molecule has 0 saturated heterocycles. The first-order chi connectivity index (χ1) is 8.18. The molecule has 0 spiro atoms. The summed E-state index contributed by atoms with van der Waals surface area (Å²) in [6.45, 7) is 4.91. The maximum Gasteiger partial charge on any atom is 0.0540 e. The van der Waals surface area contributed by atoms with Crippen molar-refractivity contribution in [3.63, 3.8) is 0 Å². The lowest BCUT2D eigenvalue weighted by Gasteiger charge is -2.31. The molecule has 1 atom stereocenters. The Morgan fingerprint density at radius 2 is 2.06 bits per heavy atom. The molecule has 0 aromatic heterocycles. The predicted molar refractivity (Wildman–Crippen MR) is 73.1 cm³/mol. The fourth-order valence-electron chi connectivity index (χ4n) is 2.29. The molecular weight excluding hydrogens is 210 g/mol. The number of aliphatic hydroxyl groups excluding tert-OH is 1. The quantitative estimate of drug-likeness (QED) is 0.714. The van der Waals surface area contributed by atoms with E-state index in [0.29, 0.717) is 6.54 Å². The third-order valence-electron chi connectivity index (χ3n) is 3.58. The lowest BCUT2D eigenvalue weighted by molar-refractivity contribution is 0.185. The van der Waals surface area contributed by atoms with Crippen LogP contribution in [0.25, 0.3) is 0 Å². The maximum absolute atomic E-state index is 9.74. The molecule has 1 aromatic rings. The van der Waals surface area contributed by atoms with Crippen molar-refractivity contribution in [3.05, 3.63) is 35.4 Å². The van der Waals surface area contributed by atoms with Gasteiger partial charge in [0, 0.05) is 12.0 Å². The summed E-state index contributed by atoms with van der Waals surface area (Å²) in [5.41, 5.74) is 8.08. The van der Waals surface area contributed by atoms with E-state index in [-0.39, 0.29) is 12.0 Å². The van der Waals surface area contributed by atoms with Gasteiger partial charge in [-0.1, -0.05) is 56.0 Å². The van der Waals surface area contributed by atoms with Crippen LogP contribution < -0.4 is 5.73 Å². The highest BCUT2D eigenvalue weighted by atomic mass is 16.3. The van der Waals surface area contributed by atoms with Crippen molar-refractivity contribution in [2.24, 2.45) is 5.73 Å². The molecule has 3 N–H and O–H groups in total. The third-order valence-corrected chi connectivity index (χ3v) is 3.58. The van der Waals surface area contributed by atoms with Crippen LogP contribution in [-0.2, 0) is 5.41 Å². The predicted octanol–water partition coefficient (Wildman–Crippen LogP) is 2.76. The minimum Gasteiger partial charge on any atom is -0.395 e. The molecule has 0 amide bonds. The molecule has 0 fully saturated rings. The number of unbranched alkanes of at least 4 members (excludes halogenated alkanes) is 2. The van der Waals surface area contributed by atoms with E-state index in [1.54, 1.807) is 0 Å². The Balaban J connectivity index is 2.89. The Morgan fingerprint density at radius 1 is 1.29 bits per heavy atom. The molecule has 1 aromatic carbocycles. The zero-order valence-corrected chi connectivity index (χ0v) is 11.1. The first-order valence-corrected chi connectivity index (χ1v) is 6.56. The van der Waals surface area contributed by atoms with E-state index in [4.69, 9.17) is 5.73 Å². The molecule has 1 rings (SSSR count). The number of aryl methyl sites for hydroxylation is 1. The van der Waals surface area contributed by atoms with Gasteiger partial charge in [0.15, 0.2) is 0 Å². The number of nitrogens with two attached hydrogens (primary N) is 1. The van der Waals surface area contributed by atoms with Crippen LogP contribution in [0.1, 0.15) is 43.7 Å². The standard InChI is InChI=1S/C15H25NO/c1-3-4-5-9-15(11-16,12-17)14-8-6-7-13(2)10-14/h6-8,10,17H,3-5,9,11-12,16H2,1-2H3. The minimum atomic E-state index is -0.249. The van der Waals surface area contributed by atoms with Gasteiger partial charge < -0.3 is 10.8 Å². The summed E-state index contributed by atoms with van der Waals surface area (Å²) in [6.07, 6.45) is 4.49. The minimum absolute atomic E-state index is 0.136. The molecule has 0 aliphatic heterocycles.